The van der Waals surface area contributed by atoms with Gasteiger partial charge in [-0.3, -0.25) is 4.72 Å². The number of benzene rings is 1. The SMILES string of the molecule is CCOc1ccc(NS(=O)(=O)c2cc(C)ns2)c(C)c1. The summed E-state index contributed by atoms with van der Waals surface area (Å²) in [4.78, 5) is 0. The molecule has 20 heavy (non-hydrogen) atoms. The molecule has 0 amide bonds. The maximum Gasteiger partial charge on any atom is 0.273 e. The van der Waals surface area contributed by atoms with Gasteiger partial charge in [0.2, 0.25) is 0 Å². The minimum atomic E-state index is -3.57. The molecule has 7 heteroatoms. The van der Waals surface area contributed by atoms with Crippen LogP contribution in [-0.2, 0) is 10.0 Å². The van der Waals surface area contributed by atoms with Crippen molar-refractivity contribution in [3.05, 3.63) is 35.5 Å². The van der Waals surface area contributed by atoms with Gasteiger partial charge in [0, 0.05) is 0 Å². The van der Waals surface area contributed by atoms with Crippen molar-refractivity contribution in [2.75, 3.05) is 11.3 Å². The Morgan fingerprint density at radius 3 is 2.60 bits per heavy atom. The number of ether oxygens (including phenoxy) is 1. The molecule has 0 saturated heterocycles. The van der Waals surface area contributed by atoms with E-state index >= 15 is 0 Å². The second-order valence-corrected chi connectivity index (χ2v) is 7.02. The summed E-state index contributed by atoms with van der Waals surface area (Å²) in [5.41, 5.74) is 2.04. The van der Waals surface area contributed by atoms with Crippen molar-refractivity contribution in [1.29, 1.82) is 0 Å². The van der Waals surface area contributed by atoms with Crippen molar-refractivity contribution < 1.29 is 13.2 Å². The van der Waals surface area contributed by atoms with E-state index in [2.05, 4.69) is 9.10 Å². The first-order chi connectivity index (χ1) is 9.42. The third kappa shape index (κ3) is 3.29. The van der Waals surface area contributed by atoms with Crippen molar-refractivity contribution in [1.82, 2.24) is 4.37 Å². The average Bonchev–Trinajstić information content (AvgIpc) is 2.81. The maximum atomic E-state index is 12.2. The third-order valence-electron chi connectivity index (χ3n) is 2.62. The zero-order valence-electron chi connectivity index (χ0n) is 11.5. The quantitative estimate of drug-likeness (QED) is 0.921. The van der Waals surface area contributed by atoms with Crippen LogP contribution >= 0.6 is 11.5 Å². The monoisotopic (exact) mass is 312 g/mol. The van der Waals surface area contributed by atoms with E-state index in [1.54, 1.807) is 31.2 Å². The molecule has 0 bridgehead atoms. The van der Waals surface area contributed by atoms with E-state index in [-0.39, 0.29) is 4.21 Å². The molecule has 108 valence electrons. The van der Waals surface area contributed by atoms with Crippen molar-refractivity contribution >= 4 is 27.2 Å². The minimum absolute atomic E-state index is 0.211. The van der Waals surface area contributed by atoms with E-state index in [0.717, 1.165) is 22.8 Å². The van der Waals surface area contributed by atoms with Gasteiger partial charge in [0.15, 0.2) is 4.21 Å². The second-order valence-electron chi connectivity index (χ2n) is 4.30. The molecule has 0 unspecified atom stereocenters. The van der Waals surface area contributed by atoms with E-state index in [4.69, 9.17) is 4.74 Å². The first kappa shape index (κ1) is 14.8. The summed E-state index contributed by atoms with van der Waals surface area (Å²) in [7, 11) is -3.57. The minimum Gasteiger partial charge on any atom is -0.494 e. The van der Waals surface area contributed by atoms with Gasteiger partial charge in [-0.25, -0.2) is 8.42 Å². The molecule has 0 aliphatic heterocycles. The van der Waals surface area contributed by atoms with Crippen LogP contribution in [0.3, 0.4) is 0 Å². The van der Waals surface area contributed by atoms with Gasteiger partial charge in [0.05, 0.1) is 18.0 Å². The summed E-state index contributed by atoms with van der Waals surface area (Å²) in [5, 5.41) is 0. The van der Waals surface area contributed by atoms with Crippen LogP contribution in [0.1, 0.15) is 18.2 Å². The van der Waals surface area contributed by atoms with Crippen LogP contribution in [0.5, 0.6) is 5.75 Å². The highest BCUT2D eigenvalue weighted by Crippen LogP contribution is 2.25. The van der Waals surface area contributed by atoms with E-state index in [9.17, 15) is 8.42 Å². The van der Waals surface area contributed by atoms with E-state index in [0.29, 0.717) is 18.0 Å². The van der Waals surface area contributed by atoms with Crippen molar-refractivity contribution in [3.63, 3.8) is 0 Å². The van der Waals surface area contributed by atoms with E-state index in [1.165, 1.54) is 0 Å². The van der Waals surface area contributed by atoms with Crippen LogP contribution in [0, 0.1) is 13.8 Å². The lowest BCUT2D eigenvalue weighted by Crippen LogP contribution is -2.12. The fourth-order valence-electron chi connectivity index (χ4n) is 1.67. The van der Waals surface area contributed by atoms with Crippen molar-refractivity contribution in [3.8, 4) is 5.75 Å². The third-order valence-corrected chi connectivity index (χ3v) is 5.32. The molecule has 0 radical (unpaired) electrons. The topological polar surface area (TPSA) is 68.3 Å². The molecule has 1 aromatic carbocycles. The van der Waals surface area contributed by atoms with Gasteiger partial charge in [-0.05, 0) is 62.1 Å². The molecule has 1 N–H and O–H groups in total. The van der Waals surface area contributed by atoms with Crippen LogP contribution in [0.15, 0.2) is 28.5 Å². The molecule has 0 fully saturated rings. The molecule has 0 aliphatic rings. The molecule has 1 aromatic heterocycles. The van der Waals surface area contributed by atoms with E-state index < -0.39 is 10.0 Å². The number of hydrogen-bond acceptors (Lipinski definition) is 5. The summed E-state index contributed by atoms with van der Waals surface area (Å²) in [6.07, 6.45) is 0. The van der Waals surface area contributed by atoms with Gasteiger partial charge >= 0.3 is 0 Å². The molecule has 2 rings (SSSR count). The lowest BCUT2D eigenvalue weighted by molar-refractivity contribution is 0.340. The maximum absolute atomic E-state index is 12.2. The highest BCUT2D eigenvalue weighted by atomic mass is 32.2. The standard InChI is InChI=1S/C13H16N2O3S2/c1-4-18-11-5-6-12(9(2)7-11)15-20(16,17)13-8-10(3)14-19-13/h5-8,15H,4H2,1-3H3. The predicted octanol–water partition coefficient (Wildman–Crippen LogP) is 2.96. The van der Waals surface area contributed by atoms with Crippen molar-refractivity contribution in [2.24, 2.45) is 0 Å². The molecule has 0 spiro atoms. The van der Waals surface area contributed by atoms with Gasteiger partial charge in [0.1, 0.15) is 5.75 Å². The Kier molecular flexibility index (Phi) is 4.29. The highest BCUT2D eigenvalue weighted by Gasteiger charge is 2.18. The van der Waals surface area contributed by atoms with Crippen LogP contribution in [0.25, 0.3) is 0 Å². The van der Waals surface area contributed by atoms with Crippen LogP contribution in [0.4, 0.5) is 5.69 Å². The Hall–Kier alpha value is -1.60. The van der Waals surface area contributed by atoms with Gasteiger partial charge in [-0.15, -0.1) is 0 Å². The Morgan fingerprint density at radius 2 is 2.05 bits per heavy atom. The normalized spacial score (nSPS) is 11.3. The Bertz CT molecular complexity index is 708. The van der Waals surface area contributed by atoms with Gasteiger partial charge in [0.25, 0.3) is 10.0 Å². The van der Waals surface area contributed by atoms with E-state index in [1.807, 2.05) is 13.8 Å². The number of anilines is 1. The smallest absolute Gasteiger partial charge is 0.273 e. The highest BCUT2D eigenvalue weighted by molar-refractivity contribution is 7.94. The fourth-order valence-corrected chi connectivity index (χ4v) is 3.75. The largest absolute Gasteiger partial charge is 0.494 e. The average molecular weight is 312 g/mol. The molecule has 1 heterocycles. The molecule has 0 aliphatic carbocycles. The summed E-state index contributed by atoms with van der Waals surface area (Å²) < 4.78 is 36.6. The fraction of sp³-hybridized carbons (Fsp3) is 0.308. The summed E-state index contributed by atoms with van der Waals surface area (Å²) in [5.74, 6) is 0.724. The van der Waals surface area contributed by atoms with Gasteiger partial charge in [-0.2, -0.15) is 4.37 Å². The van der Waals surface area contributed by atoms with Crippen molar-refractivity contribution in [2.45, 2.75) is 25.0 Å². The summed E-state index contributed by atoms with van der Waals surface area (Å²) in [6.45, 7) is 6.07. The second kappa shape index (κ2) is 5.80. The number of aromatic nitrogens is 1. The first-order valence-electron chi connectivity index (χ1n) is 6.12. The number of rotatable bonds is 5. The predicted molar refractivity (Wildman–Crippen MR) is 80.0 cm³/mol. The number of hydrogen-bond donors (Lipinski definition) is 1. The molecule has 2 aromatic rings. The Balaban J connectivity index is 2.25. The van der Waals surface area contributed by atoms with Crippen LogP contribution < -0.4 is 9.46 Å². The Labute approximate surface area is 122 Å². The summed E-state index contributed by atoms with van der Waals surface area (Å²) in [6, 6.07) is 6.80. The number of nitrogens with zero attached hydrogens (tertiary/aromatic N) is 1. The lowest BCUT2D eigenvalue weighted by atomic mass is 10.2. The van der Waals surface area contributed by atoms with Crippen LogP contribution in [0.2, 0.25) is 0 Å². The number of nitrogens with one attached hydrogen (secondary N) is 1. The number of aryl methyl sites for hydroxylation is 2. The zero-order valence-corrected chi connectivity index (χ0v) is 13.1. The molecular formula is C13H16N2O3S2. The molecule has 0 atom stereocenters. The summed E-state index contributed by atoms with van der Waals surface area (Å²) >= 11 is 0.968. The van der Waals surface area contributed by atoms with Crippen LogP contribution in [-0.4, -0.2) is 19.4 Å². The molecule has 5 nitrogen and oxygen atoms in total. The molecular weight excluding hydrogens is 296 g/mol. The number of sulfonamides is 1. The molecule has 0 saturated carbocycles. The zero-order chi connectivity index (χ0) is 14.8. The Morgan fingerprint density at radius 1 is 1.30 bits per heavy atom. The first-order valence-corrected chi connectivity index (χ1v) is 8.37. The van der Waals surface area contributed by atoms with Gasteiger partial charge < -0.3 is 4.74 Å². The lowest BCUT2D eigenvalue weighted by Gasteiger charge is -2.11. The van der Waals surface area contributed by atoms with Gasteiger partial charge in [-0.1, -0.05) is 0 Å².